The fourth-order valence-corrected chi connectivity index (χ4v) is 4.06. The van der Waals surface area contributed by atoms with Gasteiger partial charge in [0.25, 0.3) is 5.91 Å². The molecule has 182 valence electrons. The van der Waals surface area contributed by atoms with E-state index in [1.54, 1.807) is 17.0 Å². The largest absolute Gasteiger partial charge is 0.487 e. The maximum Gasteiger partial charge on any atom is 0.253 e. The van der Waals surface area contributed by atoms with Crippen LogP contribution in [0.25, 0.3) is 16.9 Å². The summed E-state index contributed by atoms with van der Waals surface area (Å²) < 4.78 is 13.3. The summed E-state index contributed by atoms with van der Waals surface area (Å²) in [6.07, 6.45) is 5.50. The van der Waals surface area contributed by atoms with Gasteiger partial charge in [0, 0.05) is 49.6 Å². The first-order valence-electron chi connectivity index (χ1n) is 12.0. The molecule has 0 spiro atoms. The van der Waals surface area contributed by atoms with Crippen LogP contribution in [0.1, 0.15) is 33.8 Å². The zero-order valence-corrected chi connectivity index (χ0v) is 20.4. The zero-order valence-electron chi connectivity index (χ0n) is 20.4. The van der Waals surface area contributed by atoms with Gasteiger partial charge in [-0.15, -0.1) is 0 Å². The maximum atomic E-state index is 12.8. The van der Waals surface area contributed by atoms with E-state index in [0.29, 0.717) is 30.9 Å². The Kier molecular flexibility index (Phi) is 6.80. The lowest BCUT2D eigenvalue weighted by atomic mass is 10.1. The maximum absolute atomic E-state index is 12.8. The van der Waals surface area contributed by atoms with Crippen molar-refractivity contribution >= 4 is 11.6 Å². The molecule has 0 aliphatic rings. The van der Waals surface area contributed by atoms with Crippen molar-refractivity contribution in [2.75, 3.05) is 13.6 Å². The minimum Gasteiger partial charge on any atom is -0.487 e. The molecule has 3 heterocycles. The van der Waals surface area contributed by atoms with Gasteiger partial charge >= 0.3 is 0 Å². The molecule has 5 rings (SSSR count). The molecule has 0 unspecified atom stereocenters. The van der Waals surface area contributed by atoms with E-state index in [1.165, 1.54) is 5.56 Å². The quantitative estimate of drug-likeness (QED) is 0.275. The average molecular weight is 481 g/mol. The minimum absolute atomic E-state index is 0.0279. The smallest absolute Gasteiger partial charge is 0.253 e. The molecule has 7 nitrogen and oxygen atoms in total. The van der Waals surface area contributed by atoms with Crippen LogP contribution in [0.5, 0.6) is 5.75 Å². The number of hydrogen-bond donors (Lipinski definition) is 0. The topological polar surface area (TPSA) is 72.9 Å². The number of ether oxygens (including phenoxy) is 1. The highest BCUT2D eigenvalue weighted by atomic mass is 16.5. The van der Waals surface area contributed by atoms with Gasteiger partial charge in [-0.05, 0) is 49.2 Å². The Labute approximate surface area is 209 Å². The highest BCUT2D eigenvalue weighted by molar-refractivity contribution is 5.94. The molecule has 2 aromatic carbocycles. The van der Waals surface area contributed by atoms with Crippen molar-refractivity contribution in [3.63, 3.8) is 0 Å². The molecule has 0 radical (unpaired) electrons. The molecular weight excluding hydrogens is 452 g/mol. The normalized spacial score (nSPS) is 11.1. The van der Waals surface area contributed by atoms with Crippen molar-refractivity contribution in [2.45, 2.75) is 26.4 Å². The number of fused-ring (bicyclic) bond motifs is 1. The summed E-state index contributed by atoms with van der Waals surface area (Å²) in [5.41, 5.74) is 5.40. The molecule has 0 atom stereocenters. The van der Waals surface area contributed by atoms with Gasteiger partial charge in [0.05, 0.1) is 5.69 Å². The Balaban J connectivity index is 1.10. The van der Waals surface area contributed by atoms with E-state index in [1.807, 2.05) is 91.4 Å². The third-order valence-electron chi connectivity index (χ3n) is 6.03. The molecule has 0 bridgehead atoms. The van der Waals surface area contributed by atoms with Gasteiger partial charge in [0.15, 0.2) is 0 Å². The van der Waals surface area contributed by atoms with Crippen LogP contribution in [0.15, 0.2) is 89.7 Å². The molecule has 0 N–H and O–H groups in total. The van der Waals surface area contributed by atoms with Gasteiger partial charge in [0.2, 0.25) is 0 Å². The predicted octanol–water partition coefficient (Wildman–Crippen LogP) is 5.58. The second kappa shape index (κ2) is 10.5. The van der Waals surface area contributed by atoms with E-state index in [-0.39, 0.29) is 5.91 Å². The Morgan fingerprint density at radius 3 is 2.64 bits per heavy atom. The van der Waals surface area contributed by atoms with Crippen molar-refractivity contribution in [2.24, 2.45) is 0 Å². The Morgan fingerprint density at radius 1 is 1.03 bits per heavy atom. The third kappa shape index (κ3) is 5.46. The molecule has 5 aromatic rings. The van der Waals surface area contributed by atoms with Crippen LogP contribution in [0, 0.1) is 6.92 Å². The van der Waals surface area contributed by atoms with Gasteiger partial charge in [0.1, 0.15) is 29.5 Å². The Morgan fingerprint density at radius 2 is 1.83 bits per heavy atom. The van der Waals surface area contributed by atoms with Crippen LogP contribution >= 0.6 is 0 Å². The molecule has 0 saturated heterocycles. The first-order chi connectivity index (χ1) is 17.5. The number of nitrogens with zero attached hydrogens (tertiary/aromatic N) is 4. The van der Waals surface area contributed by atoms with Gasteiger partial charge in [-0.3, -0.25) is 4.79 Å². The summed E-state index contributed by atoms with van der Waals surface area (Å²) in [5, 5.41) is 4.15. The van der Waals surface area contributed by atoms with Gasteiger partial charge in [-0.1, -0.05) is 41.6 Å². The molecule has 7 heteroatoms. The lowest BCUT2D eigenvalue weighted by Gasteiger charge is -2.17. The van der Waals surface area contributed by atoms with Crippen LogP contribution in [-0.2, 0) is 13.0 Å². The number of imidazole rings is 1. The lowest BCUT2D eigenvalue weighted by molar-refractivity contribution is 0.0792. The third-order valence-corrected chi connectivity index (χ3v) is 6.03. The standard InChI is InChI=1S/C29H28N4O3/c1-21-10-15-28-30-24(19-33(28)18-21)20-35-25-13-11-23(12-14-25)29(34)32(2)16-6-9-26-17-27(31-36-26)22-7-4-3-5-8-22/h3-5,7-8,10-15,17-19H,6,9,16,20H2,1-2H3. The van der Waals surface area contributed by atoms with Crippen LogP contribution in [-0.4, -0.2) is 38.9 Å². The first-order valence-corrected chi connectivity index (χ1v) is 12.0. The number of aromatic nitrogens is 3. The predicted molar refractivity (Wildman–Crippen MR) is 138 cm³/mol. The molecular formula is C29H28N4O3. The summed E-state index contributed by atoms with van der Waals surface area (Å²) >= 11 is 0. The fraction of sp³-hybridized carbons (Fsp3) is 0.207. The number of amides is 1. The van der Waals surface area contributed by atoms with E-state index in [0.717, 1.165) is 34.8 Å². The van der Waals surface area contributed by atoms with Crippen LogP contribution in [0.3, 0.4) is 0 Å². The molecule has 0 fully saturated rings. The number of rotatable bonds is 9. The molecule has 0 saturated carbocycles. The molecule has 36 heavy (non-hydrogen) atoms. The molecule has 0 aliphatic carbocycles. The van der Waals surface area contributed by atoms with E-state index in [2.05, 4.69) is 10.1 Å². The molecule has 3 aromatic heterocycles. The molecule has 1 amide bonds. The van der Waals surface area contributed by atoms with Crippen LogP contribution < -0.4 is 4.74 Å². The lowest BCUT2D eigenvalue weighted by Crippen LogP contribution is -2.27. The van der Waals surface area contributed by atoms with E-state index < -0.39 is 0 Å². The van der Waals surface area contributed by atoms with E-state index in [4.69, 9.17) is 9.26 Å². The minimum atomic E-state index is -0.0279. The molecule has 0 aliphatic heterocycles. The zero-order chi connectivity index (χ0) is 24.9. The summed E-state index contributed by atoms with van der Waals surface area (Å²) in [6.45, 7) is 3.03. The number of hydrogen-bond acceptors (Lipinski definition) is 5. The Hall–Kier alpha value is -4.39. The van der Waals surface area contributed by atoms with E-state index in [9.17, 15) is 4.79 Å². The van der Waals surface area contributed by atoms with Crippen molar-refractivity contribution in [3.05, 3.63) is 108 Å². The second-order valence-electron chi connectivity index (χ2n) is 8.89. The number of carbonyl (C=O) groups is 1. The van der Waals surface area contributed by atoms with Crippen molar-refractivity contribution in [1.29, 1.82) is 0 Å². The SMILES string of the molecule is Cc1ccc2nc(COc3ccc(C(=O)N(C)CCCc4cc(-c5ccccc5)no4)cc3)cn2c1. The average Bonchev–Trinajstić information content (AvgIpc) is 3.54. The number of pyridine rings is 1. The summed E-state index contributed by atoms with van der Waals surface area (Å²) in [5.74, 6) is 1.48. The summed E-state index contributed by atoms with van der Waals surface area (Å²) in [6, 6.07) is 23.2. The highest BCUT2D eigenvalue weighted by Crippen LogP contribution is 2.20. The van der Waals surface area contributed by atoms with Crippen molar-refractivity contribution in [3.8, 4) is 17.0 Å². The van der Waals surface area contributed by atoms with Gasteiger partial charge in [-0.2, -0.15) is 0 Å². The fourth-order valence-electron chi connectivity index (χ4n) is 4.06. The number of carbonyl (C=O) groups excluding carboxylic acids is 1. The monoisotopic (exact) mass is 480 g/mol. The Bertz CT molecular complexity index is 1460. The number of benzene rings is 2. The first kappa shape index (κ1) is 23.4. The number of aryl methyl sites for hydroxylation is 2. The highest BCUT2D eigenvalue weighted by Gasteiger charge is 2.13. The van der Waals surface area contributed by atoms with Crippen LogP contribution in [0.4, 0.5) is 0 Å². The summed E-state index contributed by atoms with van der Waals surface area (Å²) in [7, 11) is 1.81. The van der Waals surface area contributed by atoms with E-state index >= 15 is 0 Å². The van der Waals surface area contributed by atoms with Crippen molar-refractivity contribution < 1.29 is 14.1 Å². The van der Waals surface area contributed by atoms with Gasteiger partial charge < -0.3 is 18.6 Å². The summed E-state index contributed by atoms with van der Waals surface area (Å²) in [4.78, 5) is 19.1. The van der Waals surface area contributed by atoms with Gasteiger partial charge in [-0.25, -0.2) is 4.98 Å². The van der Waals surface area contributed by atoms with Crippen LogP contribution in [0.2, 0.25) is 0 Å². The second-order valence-corrected chi connectivity index (χ2v) is 8.89. The van der Waals surface area contributed by atoms with Crippen molar-refractivity contribution in [1.82, 2.24) is 19.4 Å².